The Morgan fingerprint density at radius 3 is 2.17 bits per heavy atom. The van der Waals surface area contributed by atoms with Crippen molar-refractivity contribution in [1.82, 2.24) is 4.90 Å². The number of aliphatic imine (C=N–C) groups is 1. The lowest BCUT2D eigenvalue weighted by Crippen LogP contribution is -2.43. The standard InChI is InChI=1S/C37H40N4O7/c1-23-34(42)39-29-19-33(31(46-3)17-27(29)36(44)41(23)24-10-6-4-7-11-24)48-15-9-5-8-14-47-32-18-28-26(16-30(32)45-2)35(43)40-22-37(12-13-37)20-25(40)21-38-28/h4,6-7,10-11,16-19,21,23,25H,5,8-9,12-15,20,22H2,1-3H3,(H,39,42)/t23-,25-/m0/s1. The van der Waals surface area contributed by atoms with Gasteiger partial charge in [-0.15, -0.1) is 0 Å². The number of methoxy groups -OCH3 is 2. The maximum Gasteiger partial charge on any atom is 0.261 e. The fourth-order valence-electron chi connectivity index (χ4n) is 6.86. The van der Waals surface area contributed by atoms with E-state index in [1.165, 1.54) is 24.9 Å². The monoisotopic (exact) mass is 652 g/mol. The van der Waals surface area contributed by atoms with E-state index in [1.54, 1.807) is 50.4 Å². The summed E-state index contributed by atoms with van der Waals surface area (Å²) in [5, 5.41) is 2.88. The number of ether oxygens (including phenoxy) is 4. The van der Waals surface area contributed by atoms with Gasteiger partial charge in [0.1, 0.15) is 6.04 Å². The maximum absolute atomic E-state index is 13.6. The Labute approximate surface area is 279 Å². The number of rotatable bonds is 11. The topological polar surface area (TPSA) is 119 Å². The number of anilines is 2. The van der Waals surface area contributed by atoms with Crippen LogP contribution in [-0.4, -0.2) is 74.9 Å². The fraction of sp³-hybridized carbons (Fsp3) is 0.405. The zero-order chi connectivity index (χ0) is 33.4. The number of nitrogens with zero attached hydrogens (tertiary/aromatic N) is 3. The lowest BCUT2D eigenvalue weighted by molar-refractivity contribution is -0.117. The number of unbranched alkanes of at least 4 members (excludes halogenated alkanes) is 2. The molecule has 11 nitrogen and oxygen atoms in total. The average Bonchev–Trinajstić information content (AvgIpc) is 3.80. The number of hydrogen-bond acceptors (Lipinski definition) is 8. The van der Waals surface area contributed by atoms with Crippen LogP contribution in [0.15, 0.2) is 59.6 Å². The molecule has 1 aliphatic carbocycles. The molecule has 3 aromatic carbocycles. The summed E-state index contributed by atoms with van der Waals surface area (Å²) in [6.45, 7) is 3.36. The van der Waals surface area contributed by atoms with Gasteiger partial charge in [-0.25, -0.2) is 0 Å². The molecule has 3 amide bonds. The Hall–Kier alpha value is -5.06. The molecule has 4 aliphatic rings. The van der Waals surface area contributed by atoms with Gasteiger partial charge in [0.2, 0.25) is 5.91 Å². The van der Waals surface area contributed by atoms with Crippen LogP contribution >= 0.6 is 0 Å². The predicted molar refractivity (Wildman–Crippen MR) is 181 cm³/mol. The van der Waals surface area contributed by atoms with Gasteiger partial charge in [-0.2, -0.15) is 0 Å². The minimum absolute atomic E-state index is 0.00457. The van der Waals surface area contributed by atoms with E-state index in [1.807, 2.05) is 29.3 Å². The van der Waals surface area contributed by atoms with E-state index in [-0.39, 0.29) is 23.8 Å². The Morgan fingerprint density at radius 1 is 0.833 bits per heavy atom. The molecule has 7 rings (SSSR count). The van der Waals surface area contributed by atoms with Crippen LogP contribution < -0.4 is 29.2 Å². The summed E-state index contributed by atoms with van der Waals surface area (Å²) < 4.78 is 23.3. The number of benzene rings is 3. The van der Waals surface area contributed by atoms with Gasteiger partial charge in [0, 0.05) is 30.6 Å². The summed E-state index contributed by atoms with van der Waals surface area (Å²) in [6, 6.07) is 15.3. The molecule has 1 spiro atoms. The van der Waals surface area contributed by atoms with Gasteiger partial charge in [0.05, 0.1) is 56.0 Å². The second-order valence-corrected chi connectivity index (χ2v) is 13.0. The highest BCUT2D eigenvalue weighted by molar-refractivity contribution is 6.18. The third kappa shape index (κ3) is 5.93. The molecule has 1 saturated carbocycles. The summed E-state index contributed by atoms with van der Waals surface area (Å²) in [7, 11) is 3.10. The Kier molecular flexibility index (Phi) is 8.45. The second kappa shape index (κ2) is 12.9. The highest BCUT2D eigenvalue weighted by Gasteiger charge is 2.53. The van der Waals surface area contributed by atoms with E-state index in [0.717, 1.165) is 32.2 Å². The quantitative estimate of drug-likeness (QED) is 0.251. The van der Waals surface area contributed by atoms with Crippen LogP contribution in [0.1, 0.15) is 66.2 Å². The molecular weight excluding hydrogens is 612 g/mol. The number of para-hydroxylation sites is 1. The molecule has 0 unspecified atom stereocenters. The van der Waals surface area contributed by atoms with E-state index in [4.69, 9.17) is 18.9 Å². The SMILES string of the molecule is COc1cc2c(cc1OCCCCCOc1cc3c(cc1OC)C(=O)N(c1ccccc1)[C@@H](C)C(=O)N3)N=C[C@@H]1CC3(CC3)CN1C2=O. The Bertz CT molecular complexity index is 1770. The first-order valence-electron chi connectivity index (χ1n) is 16.5. The van der Waals surface area contributed by atoms with Crippen molar-refractivity contribution in [2.45, 2.75) is 57.5 Å². The summed E-state index contributed by atoms with van der Waals surface area (Å²) in [5.74, 6) is 1.34. The molecule has 1 saturated heterocycles. The van der Waals surface area contributed by atoms with Crippen LogP contribution in [0.4, 0.5) is 17.1 Å². The molecule has 3 heterocycles. The normalized spacial score (nSPS) is 20.4. The van der Waals surface area contributed by atoms with Crippen molar-refractivity contribution in [3.8, 4) is 23.0 Å². The third-order valence-electron chi connectivity index (χ3n) is 9.78. The fourth-order valence-corrected chi connectivity index (χ4v) is 6.86. The van der Waals surface area contributed by atoms with Crippen molar-refractivity contribution >= 4 is 41.0 Å². The minimum Gasteiger partial charge on any atom is -0.493 e. The van der Waals surface area contributed by atoms with E-state index >= 15 is 0 Å². The van der Waals surface area contributed by atoms with Gasteiger partial charge in [-0.3, -0.25) is 24.3 Å². The van der Waals surface area contributed by atoms with Gasteiger partial charge in [-0.1, -0.05) is 18.2 Å². The molecule has 0 bridgehead atoms. The molecule has 0 aromatic heterocycles. The molecule has 48 heavy (non-hydrogen) atoms. The lowest BCUT2D eigenvalue weighted by atomic mass is 10.0. The second-order valence-electron chi connectivity index (χ2n) is 13.0. The van der Waals surface area contributed by atoms with Gasteiger partial charge in [0.15, 0.2) is 23.0 Å². The summed E-state index contributed by atoms with van der Waals surface area (Å²) in [6.07, 6.45) is 7.62. The summed E-state index contributed by atoms with van der Waals surface area (Å²) in [4.78, 5) is 48.2. The highest BCUT2D eigenvalue weighted by atomic mass is 16.5. The van der Waals surface area contributed by atoms with Crippen molar-refractivity contribution in [3.05, 3.63) is 65.7 Å². The van der Waals surface area contributed by atoms with E-state index in [0.29, 0.717) is 69.8 Å². The predicted octanol–water partition coefficient (Wildman–Crippen LogP) is 6.03. The van der Waals surface area contributed by atoms with Crippen molar-refractivity contribution in [1.29, 1.82) is 0 Å². The van der Waals surface area contributed by atoms with E-state index in [9.17, 15) is 14.4 Å². The smallest absolute Gasteiger partial charge is 0.261 e. The molecule has 0 radical (unpaired) electrons. The van der Waals surface area contributed by atoms with Crippen LogP contribution in [0.2, 0.25) is 0 Å². The third-order valence-corrected chi connectivity index (χ3v) is 9.78. The van der Waals surface area contributed by atoms with Gasteiger partial charge in [-0.05, 0) is 75.1 Å². The molecule has 2 fully saturated rings. The first kappa shape index (κ1) is 31.5. The summed E-state index contributed by atoms with van der Waals surface area (Å²) in [5.41, 5.74) is 2.81. The number of carbonyl (C=O) groups excluding carboxylic acids is 3. The zero-order valence-corrected chi connectivity index (χ0v) is 27.5. The molecule has 3 aliphatic heterocycles. The highest BCUT2D eigenvalue weighted by Crippen LogP contribution is 2.55. The number of hydrogen-bond donors (Lipinski definition) is 1. The molecular formula is C37H40N4O7. The number of fused-ring (bicyclic) bond motifs is 3. The minimum atomic E-state index is -0.710. The first-order chi connectivity index (χ1) is 23.3. The van der Waals surface area contributed by atoms with Crippen LogP contribution in [0, 0.1) is 5.41 Å². The van der Waals surface area contributed by atoms with Crippen LogP contribution in [0.25, 0.3) is 0 Å². The summed E-state index contributed by atoms with van der Waals surface area (Å²) >= 11 is 0. The van der Waals surface area contributed by atoms with Gasteiger partial charge in [0.25, 0.3) is 11.8 Å². The molecule has 11 heteroatoms. The van der Waals surface area contributed by atoms with Gasteiger partial charge >= 0.3 is 0 Å². The van der Waals surface area contributed by atoms with E-state index in [2.05, 4.69) is 10.3 Å². The van der Waals surface area contributed by atoms with Crippen LogP contribution in [-0.2, 0) is 4.79 Å². The van der Waals surface area contributed by atoms with Crippen LogP contribution in [0.5, 0.6) is 23.0 Å². The average molecular weight is 653 g/mol. The molecule has 1 N–H and O–H groups in total. The maximum atomic E-state index is 13.6. The molecule has 2 atom stereocenters. The van der Waals surface area contributed by atoms with Crippen molar-refractivity contribution < 1.29 is 33.3 Å². The lowest BCUT2D eigenvalue weighted by Gasteiger charge is -2.26. The largest absolute Gasteiger partial charge is 0.493 e. The Morgan fingerprint density at radius 2 is 1.50 bits per heavy atom. The number of amides is 3. The first-order valence-corrected chi connectivity index (χ1v) is 16.5. The molecule has 3 aromatic rings. The van der Waals surface area contributed by atoms with Crippen molar-refractivity contribution in [2.75, 3.05) is 44.2 Å². The van der Waals surface area contributed by atoms with Crippen LogP contribution in [0.3, 0.4) is 0 Å². The van der Waals surface area contributed by atoms with E-state index < -0.39 is 6.04 Å². The van der Waals surface area contributed by atoms with Gasteiger partial charge < -0.3 is 29.2 Å². The van der Waals surface area contributed by atoms with Crippen molar-refractivity contribution in [2.24, 2.45) is 10.4 Å². The number of carbonyl (C=O) groups is 3. The molecule has 250 valence electrons. The van der Waals surface area contributed by atoms with Crippen molar-refractivity contribution in [3.63, 3.8) is 0 Å². The zero-order valence-electron chi connectivity index (χ0n) is 27.5. The Balaban J connectivity index is 0.943. The number of nitrogens with one attached hydrogen (secondary N) is 1.